The number of nitro groups is 1. The second-order valence-electron chi connectivity index (χ2n) is 4.46. The second kappa shape index (κ2) is 6.64. The molecule has 0 saturated heterocycles. The Kier molecular flexibility index (Phi) is 4.85. The molecule has 0 aromatic heterocycles. The van der Waals surface area contributed by atoms with Crippen molar-refractivity contribution >= 4 is 40.5 Å². The lowest BCUT2D eigenvalue weighted by molar-refractivity contribution is -0.384. The third kappa shape index (κ3) is 3.66. The molecule has 1 amide bonds. The topological polar surface area (TPSA) is 98.3 Å². The Bertz CT molecular complexity index is 710. The zero-order valence-electron chi connectivity index (χ0n) is 11.2. The number of benzene rings is 2. The molecule has 8 heteroatoms. The predicted molar refractivity (Wildman–Crippen MR) is 85.1 cm³/mol. The van der Waals surface area contributed by atoms with Gasteiger partial charge in [-0.15, -0.1) is 0 Å². The van der Waals surface area contributed by atoms with Gasteiger partial charge in [0, 0.05) is 29.4 Å². The van der Waals surface area contributed by atoms with E-state index >= 15 is 0 Å². The minimum atomic E-state index is -0.490. The Morgan fingerprint density at radius 1 is 1.23 bits per heavy atom. The SMILES string of the molecule is Nc1cc(Cl)cc(Cl)c1C(=O)NCc1ccc([N+](=O)[O-])cc1. The first-order valence-electron chi connectivity index (χ1n) is 6.14. The van der Waals surface area contributed by atoms with Crippen molar-refractivity contribution in [1.82, 2.24) is 5.32 Å². The molecule has 2 aromatic carbocycles. The van der Waals surface area contributed by atoms with E-state index in [1.54, 1.807) is 12.1 Å². The Labute approximate surface area is 136 Å². The maximum atomic E-state index is 12.1. The summed E-state index contributed by atoms with van der Waals surface area (Å²) >= 11 is 11.8. The van der Waals surface area contributed by atoms with Gasteiger partial charge in [0.05, 0.1) is 15.5 Å². The van der Waals surface area contributed by atoms with Crippen molar-refractivity contribution in [3.05, 3.63) is 67.7 Å². The highest BCUT2D eigenvalue weighted by Gasteiger charge is 2.15. The summed E-state index contributed by atoms with van der Waals surface area (Å²) in [6, 6.07) is 8.72. The summed E-state index contributed by atoms with van der Waals surface area (Å²) in [6.07, 6.45) is 0. The lowest BCUT2D eigenvalue weighted by Crippen LogP contribution is -2.24. The van der Waals surface area contributed by atoms with E-state index in [2.05, 4.69) is 5.32 Å². The van der Waals surface area contributed by atoms with E-state index in [1.807, 2.05) is 0 Å². The van der Waals surface area contributed by atoms with E-state index in [-0.39, 0.29) is 28.5 Å². The number of nitro benzene ring substituents is 1. The molecule has 0 bridgehead atoms. The quantitative estimate of drug-likeness (QED) is 0.506. The minimum absolute atomic E-state index is 0.0138. The van der Waals surface area contributed by atoms with Crippen LogP contribution in [0.15, 0.2) is 36.4 Å². The predicted octanol–water partition coefficient (Wildman–Crippen LogP) is 3.41. The molecule has 2 aromatic rings. The van der Waals surface area contributed by atoms with Crippen LogP contribution in [0, 0.1) is 10.1 Å². The smallest absolute Gasteiger partial charge is 0.269 e. The fourth-order valence-corrected chi connectivity index (χ4v) is 2.43. The molecular weight excluding hydrogens is 329 g/mol. The summed E-state index contributed by atoms with van der Waals surface area (Å²) in [4.78, 5) is 22.2. The van der Waals surface area contributed by atoms with Crippen molar-refractivity contribution in [1.29, 1.82) is 0 Å². The van der Waals surface area contributed by atoms with E-state index in [0.717, 1.165) is 0 Å². The normalized spacial score (nSPS) is 10.3. The highest BCUT2D eigenvalue weighted by atomic mass is 35.5. The van der Waals surface area contributed by atoms with Gasteiger partial charge in [-0.05, 0) is 17.7 Å². The summed E-state index contributed by atoms with van der Waals surface area (Å²) in [5.41, 5.74) is 6.76. The number of hydrogen-bond donors (Lipinski definition) is 2. The average Bonchev–Trinajstić information content (AvgIpc) is 2.44. The molecule has 3 N–H and O–H groups in total. The maximum Gasteiger partial charge on any atom is 0.269 e. The van der Waals surface area contributed by atoms with Gasteiger partial charge in [-0.2, -0.15) is 0 Å². The fourth-order valence-electron chi connectivity index (χ4n) is 1.84. The second-order valence-corrected chi connectivity index (χ2v) is 5.30. The van der Waals surface area contributed by atoms with Crippen LogP contribution < -0.4 is 11.1 Å². The van der Waals surface area contributed by atoms with Crippen molar-refractivity contribution < 1.29 is 9.72 Å². The molecule has 0 aliphatic rings. The van der Waals surface area contributed by atoms with Crippen LogP contribution >= 0.6 is 23.2 Å². The van der Waals surface area contributed by atoms with E-state index in [0.29, 0.717) is 10.6 Å². The number of carbonyl (C=O) groups excluding carboxylic acids is 1. The molecule has 0 radical (unpaired) electrons. The molecule has 0 fully saturated rings. The lowest BCUT2D eigenvalue weighted by Gasteiger charge is -2.10. The summed E-state index contributed by atoms with van der Waals surface area (Å²) in [5.74, 6) is -0.447. The number of halogens is 2. The van der Waals surface area contributed by atoms with Gasteiger partial charge in [-0.3, -0.25) is 14.9 Å². The summed E-state index contributed by atoms with van der Waals surface area (Å²) in [7, 11) is 0. The van der Waals surface area contributed by atoms with Gasteiger partial charge in [-0.1, -0.05) is 35.3 Å². The van der Waals surface area contributed by atoms with Gasteiger partial charge >= 0.3 is 0 Å². The molecule has 0 spiro atoms. The Balaban J connectivity index is 2.08. The van der Waals surface area contributed by atoms with Gasteiger partial charge < -0.3 is 11.1 Å². The van der Waals surface area contributed by atoms with Crippen LogP contribution in [-0.2, 0) is 6.54 Å². The van der Waals surface area contributed by atoms with Gasteiger partial charge in [0.1, 0.15) is 0 Å². The molecule has 0 heterocycles. The van der Waals surface area contributed by atoms with E-state index in [9.17, 15) is 14.9 Å². The average molecular weight is 340 g/mol. The molecular formula is C14H11Cl2N3O3. The molecule has 0 saturated carbocycles. The third-order valence-electron chi connectivity index (χ3n) is 2.91. The largest absolute Gasteiger partial charge is 0.398 e. The molecule has 0 aliphatic heterocycles. The summed E-state index contributed by atoms with van der Waals surface area (Å²) < 4.78 is 0. The fraction of sp³-hybridized carbons (Fsp3) is 0.0714. The Morgan fingerprint density at radius 2 is 1.86 bits per heavy atom. The number of non-ortho nitro benzene ring substituents is 1. The monoisotopic (exact) mass is 339 g/mol. The number of hydrogen-bond acceptors (Lipinski definition) is 4. The van der Waals surface area contributed by atoms with Crippen molar-refractivity contribution in [3.63, 3.8) is 0 Å². The van der Waals surface area contributed by atoms with Crippen LogP contribution in [0.3, 0.4) is 0 Å². The highest BCUT2D eigenvalue weighted by molar-refractivity contribution is 6.37. The molecule has 22 heavy (non-hydrogen) atoms. The number of nitrogens with zero attached hydrogens (tertiary/aromatic N) is 1. The number of nitrogens with one attached hydrogen (secondary N) is 1. The lowest BCUT2D eigenvalue weighted by atomic mass is 10.1. The first-order valence-corrected chi connectivity index (χ1v) is 6.90. The van der Waals surface area contributed by atoms with Crippen LogP contribution in [0.4, 0.5) is 11.4 Å². The van der Waals surface area contributed by atoms with Crippen molar-refractivity contribution in [2.45, 2.75) is 6.54 Å². The van der Waals surface area contributed by atoms with Gasteiger partial charge in [-0.25, -0.2) is 0 Å². The number of anilines is 1. The first kappa shape index (κ1) is 16.1. The van der Waals surface area contributed by atoms with E-state index in [1.165, 1.54) is 24.3 Å². The van der Waals surface area contributed by atoms with Crippen molar-refractivity contribution in [3.8, 4) is 0 Å². The summed E-state index contributed by atoms with van der Waals surface area (Å²) in [6.45, 7) is 0.190. The molecule has 0 atom stereocenters. The highest BCUT2D eigenvalue weighted by Crippen LogP contribution is 2.27. The van der Waals surface area contributed by atoms with Gasteiger partial charge in [0.25, 0.3) is 11.6 Å². The van der Waals surface area contributed by atoms with Crippen molar-refractivity contribution in [2.75, 3.05) is 5.73 Å². The van der Waals surface area contributed by atoms with Gasteiger partial charge in [0.2, 0.25) is 0 Å². The van der Waals surface area contributed by atoms with Gasteiger partial charge in [0.15, 0.2) is 0 Å². The Morgan fingerprint density at radius 3 is 2.41 bits per heavy atom. The molecule has 2 rings (SSSR count). The number of nitrogen functional groups attached to an aromatic ring is 1. The van der Waals surface area contributed by atoms with Crippen LogP contribution in [0.1, 0.15) is 15.9 Å². The summed E-state index contributed by atoms with van der Waals surface area (Å²) in [5, 5.41) is 13.7. The standard InChI is InChI=1S/C14H11Cl2N3O3/c15-9-5-11(16)13(12(17)6-9)14(20)18-7-8-1-3-10(4-2-8)19(21)22/h1-6H,7,17H2,(H,18,20). The molecule has 114 valence electrons. The zero-order chi connectivity index (χ0) is 16.3. The number of amides is 1. The van der Waals surface area contributed by atoms with Crippen LogP contribution in [0.25, 0.3) is 0 Å². The number of carbonyl (C=O) groups is 1. The van der Waals surface area contributed by atoms with Crippen LogP contribution in [0.5, 0.6) is 0 Å². The van der Waals surface area contributed by atoms with E-state index in [4.69, 9.17) is 28.9 Å². The molecule has 6 nitrogen and oxygen atoms in total. The zero-order valence-corrected chi connectivity index (χ0v) is 12.7. The van der Waals surface area contributed by atoms with Crippen LogP contribution in [0.2, 0.25) is 10.0 Å². The first-order chi connectivity index (χ1) is 10.4. The van der Waals surface area contributed by atoms with Crippen LogP contribution in [-0.4, -0.2) is 10.8 Å². The van der Waals surface area contributed by atoms with E-state index < -0.39 is 10.8 Å². The Hall–Kier alpha value is -2.31. The molecule has 0 aliphatic carbocycles. The minimum Gasteiger partial charge on any atom is -0.398 e. The van der Waals surface area contributed by atoms with Crippen molar-refractivity contribution in [2.24, 2.45) is 0 Å². The number of rotatable bonds is 4. The number of nitrogens with two attached hydrogens (primary N) is 1. The maximum absolute atomic E-state index is 12.1. The third-order valence-corrected chi connectivity index (χ3v) is 3.43. The molecule has 0 unspecified atom stereocenters.